The molecule has 0 radical (unpaired) electrons. The number of anilines is 1. The standard InChI is InChI=1S/C33H44N2O6/c1-6-7-8-9-22(2)30(34-25-12-10-24(11-13-25)32(38)35(5)17-16-29(36)37)31-23(3)27-18-26(14-15-28(27)41-31)40-21-33(4)19-39-20-33/h10-15,18,22,30,34H,6-9,16-17,19-21H2,1-5H3,(H,36,37). The van der Waals surface area contributed by atoms with E-state index in [1.165, 1.54) is 17.7 Å². The van der Waals surface area contributed by atoms with Crippen LogP contribution in [0, 0.1) is 18.3 Å². The van der Waals surface area contributed by atoms with Gasteiger partial charge in [0.15, 0.2) is 0 Å². The Morgan fingerprint density at radius 2 is 1.88 bits per heavy atom. The van der Waals surface area contributed by atoms with Crippen LogP contribution in [0.25, 0.3) is 11.0 Å². The SMILES string of the molecule is CCCCCC(C)C(Nc1ccc(C(=O)N(C)CCC(=O)O)cc1)c1oc2ccc(OCC3(C)COC3)cc2c1C. The number of carbonyl (C=O) groups excluding carboxylic acids is 1. The fourth-order valence-electron chi connectivity index (χ4n) is 5.22. The highest BCUT2D eigenvalue weighted by atomic mass is 16.5. The lowest BCUT2D eigenvalue weighted by Gasteiger charge is -2.37. The molecule has 8 nitrogen and oxygen atoms in total. The molecule has 41 heavy (non-hydrogen) atoms. The van der Waals surface area contributed by atoms with E-state index < -0.39 is 5.97 Å². The van der Waals surface area contributed by atoms with Crippen molar-refractivity contribution in [3.8, 4) is 5.75 Å². The average molecular weight is 565 g/mol. The van der Waals surface area contributed by atoms with Crippen molar-refractivity contribution < 1.29 is 28.6 Å². The lowest BCUT2D eigenvalue weighted by atomic mass is 9.90. The lowest BCUT2D eigenvalue weighted by Crippen LogP contribution is -2.44. The van der Waals surface area contributed by atoms with E-state index in [-0.39, 0.29) is 30.3 Å². The molecule has 2 heterocycles. The predicted octanol–water partition coefficient (Wildman–Crippen LogP) is 7.07. The minimum absolute atomic E-state index is 0.0607. The molecule has 0 spiro atoms. The van der Waals surface area contributed by atoms with E-state index in [1.807, 2.05) is 24.3 Å². The molecule has 3 aromatic rings. The van der Waals surface area contributed by atoms with Gasteiger partial charge in [-0.2, -0.15) is 0 Å². The van der Waals surface area contributed by atoms with E-state index in [1.54, 1.807) is 19.2 Å². The van der Waals surface area contributed by atoms with E-state index in [0.717, 1.165) is 59.8 Å². The van der Waals surface area contributed by atoms with E-state index in [2.05, 4.69) is 39.1 Å². The molecule has 222 valence electrons. The Morgan fingerprint density at radius 3 is 2.51 bits per heavy atom. The number of furan rings is 1. The molecule has 2 atom stereocenters. The van der Waals surface area contributed by atoms with Gasteiger partial charge < -0.3 is 29.2 Å². The molecule has 1 fully saturated rings. The molecular weight excluding hydrogens is 520 g/mol. The number of amides is 1. The minimum Gasteiger partial charge on any atom is -0.493 e. The number of nitrogens with zero attached hydrogens (tertiary/aromatic N) is 1. The van der Waals surface area contributed by atoms with Crippen molar-refractivity contribution in [3.05, 3.63) is 59.4 Å². The molecule has 1 amide bonds. The van der Waals surface area contributed by atoms with Crippen LogP contribution in [-0.4, -0.2) is 55.3 Å². The van der Waals surface area contributed by atoms with Gasteiger partial charge in [-0.05, 0) is 61.7 Å². The Balaban J connectivity index is 1.54. The molecule has 0 aliphatic carbocycles. The number of carboxylic acids is 1. The van der Waals surface area contributed by atoms with Crippen molar-refractivity contribution in [2.24, 2.45) is 11.3 Å². The molecule has 1 saturated heterocycles. The Bertz CT molecular complexity index is 1330. The van der Waals surface area contributed by atoms with Crippen LogP contribution in [0.1, 0.15) is 80.6 Å². The fourth-order valence-corrected chi connectivity index (χ4v) is 5.22. The molecule has 2 unspecified atom stereocenters. The predicted molar refractivity (Wildman–Crippen MR) is 161 cm³/mol. The van der Waals surface area contributed by atoms with Crippen LogP contribution in [0.15, 0.2) is 46.9 Å². The second kappa shape index (κ2) is 13.4. The topological polar surface area (TPSA) is 101 Å². The van der Waals surface area contributed by atoms with Crippen molar-refractivity contribution in [2.45, 2.75) is 65.8 Å². The number of ether oxygens (including phenoxy) is 2. The molecule has 2 aromatic carbocycles. The second-order valence-corrected chi connectivity index (χ2v) is 11.9. The molecule has 1 aromatic heterocycles. The normalized spacial score (nSPS) is 15.6. The zero-order chi connectivity index (χ0) is 29.6. The van der Waals surface area contributed by atoms with Crippen molar-refractivity contribution >= 4 is 28.5 Å². The summed E-state index contributed by atoms with van der Waals surface area (Å²) < 4.78 is 18.0. The number of benzene rings is 2. The maximum Gasteiger partial charge on any atom is 0.305 e. The Hall–Kier alpha value is -3.52. The van der Waals surface area contributed by atoms with Crippen molar-refractivity contribution in [1.82, 2.24) is 4.90 Å². The Morgan fingerprint density at radius 1 is 1.15 bits per heavy atom. The Labute approximate surface area is 243 Å². The maximum absolute atomic E-state index is 12.7. The first-order chi connectivity index (χ1) is 19.6. The third-order valence-corrected chi connectivity index (χ3v) is 8.01. The smallest absolute Gasteiger partial charge is 0.305 e. The van der Waals surface area contributed by atoms with Crippen LogP contribution in [0.5, 0.6) is 5.75 Å². The zero-order valence-corrected chi connectivity index (χ0v) is 25.0. The first kappa shape index (κ1) is 30.4. The summed E-state index contributed by atoms with van der Waals surface area (Å²) in [5, 5.41) is 13.7. The van der Waals surface area contributed by atoms with Gasteiger partial charge in [0, 0.05) is 41.2 Å². The van der Waals surface area contributed by atoms with Gasteiger partial charge in [-0.1, -0.05) is 40.0 Å². The van der Waals surface area contributed by atoms with Gasteiger partial charge in [-0.3, -0.25) is 9.59 Å². The lowest BCUT2D eigenvalue weighted by molar-refractivity contribution is -0.137. The van der Waals surface area contributed by atoms with E-state index in [4.69, 9.17) is 19.0 Å². The van der Waals surface area contributed by atoms with E-state index in [9.17, 15) is 9.59 Å². The van der Waals surface area contributed by atoms with Crippen LogP contribution in [0.2, 0.25) is 0 Å². The summed E-state index contributed by atoms with van der Waals surface area (Å²) >= 11 is 0. The highest BCUT2D eigenvalue weighted by Crippen LogP contribution is 2.38. The van der Waals surface area contributed by atoms with E-state index >= 15 is 0 Å². The number of unbranched alkanes of at least 4 members (excludes halogenated alkanes) is 2. The summed E-state index contributed by atoms with van der Waals surface area (Å²) in [6, 6.07) is 13.3. The van der Waals surface area contributed by atoms with Gasteiger partial charge in [0.05, 0.1) is 32.3 Å². The van der Waals surface area contributed by atoms with Gasteiger partial charge in [-0.15, -0.1) is 0 Å². The molecule has 0 bridgehead atoms. The first-order valence-corrected chi connectivity index (χ1v) is 14.7. The number of nitrogens with one attached hydrogen (secondary N) is 1. The second-order valence-electron chi connectivity index (χ2n) is 11.9. The summed E-state index contributed by atoms with van der Waals surface area (Å²) in [5.74, 6) is 0.918. The molecule has 2 N–H and O–H groups in total. The van der Waals surface area contributed by atoms with Crippen molar-refractivity contribution in [2.75, 3.05) is 38.7 Å². The number of fused-ring (bicyclic) bond motifs is 1. The first-order valence-electron chi connectivity index (χ1n) is 14.7. The molecule has 8 heteroatoms. The van der Waals surface area contributed by atoms with Crippen LogP contribution < -0.4 is 10.1 Å². The zero-order valence-electron chi connectivity index (χ0n) is 25.0. The number of carbonyl (C=O) groups is 2. The van der Waals surface area contributed by atoms with Gasteiger partial charge in [0.25, 0.3) is 5.91 Å². The van der Waals surface area contributed by atoms with Crippen molar-refractivity contribution in [3.63, 3.8) is 0 Å². The molecule has 1 aliphatic heterocycles. The number of carboxylic acid groups (broad SMARTS) is 1. The average Bonchev–Trinajstić information content (AvgIpc) is 3.27. The third kappa shape index (κ3) is 7.61. The number of aliphatic carboxylic acids is 1. The van der Waals surface area contributed by atoms with Gasteiger partial charge >= 0.3 is 5.97 Å². The highest BCUT2D eigenvalue weighted by molar-refractivity contribution is 5.94. The maximum atomic E-state index is 12.7. The van der Waals surface area contributed by atoms with Gasteiger partial charge in [0.1, 0.15) is 17.1 Å². The summed E-state index contributed by atoms with van der Waals surface area (Å²) in [5.41, 5.74) is 3.41. The number of hydrogen-bond donors (Lipinski definition) is 2. The van der Waals surface area contributed by atoms with Crippen molar-refractivity contribution in [1.29, 1.82) is 0 Å². The largest absolute Gasteiger partial charge is 0.493 e. The Kier molecular flexibility index (Phi) is 9.97. The molecule has 4 rings (SSSR count). The minimum atomic E-state index is -0.925. The number of hydrogen-bond acceptors (Lipinski definition) is 6. The van der Waals surface area contributed by atoms with Gasteiger partial charge in [0.2, 0.25) is 0 Å². The third-order valence-electron chi connectivity index (χ3n) is 8.01. The summed E-state index contributed by atoms with van der Waals surface area (Å²) in [6.45, 7) is 11.0. The quantitative estimate of drug-likeness (QED) is 0.190. The molecule has 1 aliphatic rings. The number of rotatable bonds is 15. The summed E-state index contributed by atoms with van der Waals surface area (Å²) in [7, 11) is 1.62. The van der Waals surface area contributed by atoms with Crippen LogP contribution in [0.4, 0.5) is 5.69 Å². The van der Waals surface area contributed by atoms with Crippen LogP contribution >= 0.6 is 0 Å². The fraction of sp³-hybridized carbons (Fsp3) is 0.515. The highest BCUT2D eigenvalue weighted by Gasteiger charge is 2.34. The van der Waals surface area contributed by atoms with Crippen LogP contribution in [-0.2, 0) is 9.53 Å². The molecule has 0 saturated carbocycles. The van der Waals surface area contributed by atoms with Crippen LogP contribution in [0.3, 0.4) is 0 Å². The van der Waals surface area contributed by atoms with Gasteiger partial charge in [-0.25, -0.2) is 0 Å². The number of aryl methyl sites for hydroxylation is 1. The monoisotopic (exact) mass is 564 g/mol. The van der Waals surface area contributed by atoms with E-state index in [0.29, 0.717) is 18.1 Å². The molecular formula is C33H44N2O6. The summed E-state index contributed by atoms with van der Waals surface area (Å²) in [6.07, 6.45) is 4.47. The summed E-state index contributed by atoms with van der Waals surface area (Å²) in [4.78, 5) is 25.1.